The van der Waals surface area contributed by atoms with E-state index in [2.05, 4.69) is 10.6 Å². The summed E-state index contributed by atoms with van der Waals surface area (Å²) in [6.45, 7) is 5.62. The van der Waals surface area contributed by atoms with Gasteiger partial charge in [0, 0.05) is 6.54 Å². The van der Waals surface area contributed by atoms with Crippen molar-refractivity contribution in [2.24, 2.45) is 0 Å². The maximum Gasteiger partial charge on any atom is 0.408 e. The molecule has 0 radical (unpaired) electrons. The lowest BCUT2D eigenvalue weighted by Gasteiger charge is -2.22. The van der Waals surface area contributed by atoms with Gasteiger partial charge in [0.2, 0.25) is 11.8 Å². The lowest BCUT2D eigenvalue weighted by atomic mass is 10.2. The molecule has 138 valence electrons. The van der Waals surface area contributed by atoms with Crippen molar-refractivity contribution in [3.63, 3.8) is 0 Å². The number of amides is 3. The number of hydrogen-bond donors (Lipinski definition) is 3. The van der Waals surface area contributed by atoms with E-state index in [1.54, 1.807) is 6.92 Å². The number of likely N-dealkylation sites (tertiary alicyclic amines) is 1. The summed E-state index contributed by atoms with van der Waals surface area (Å²) in [6, 6.07) is -1.68. The number of alkyl carbamates (subject to hydrolysis) is 1. The third kappa shape index (κ3) is 5.10. The van der Waals surface area contributed by atoms with Gasteiger partial charge in [0.25, 0.3) is 0 Å². The number of carboxylic acid groups (broad SMARTS) is 1. The molecule has 24 heavy (non-hydrogen) atoms. The number of rotatable bonds is 4. The molecule has 2 aliphatic heterocycles. The Morgan fingerprint density at radius 3 is 2.50 bits per heavy atom. The number of ether oxygens (including phenoxy) is 1. The second-order valence-corrected chi connectivity index (χ2v) is 5.03. The topological polar surface area (TPSA) is 125 Å². The van der Waals surface area contributed by atoms with Crippen LogP contribution in [0, 0.1) is 0 Å². The average molecular weight is 345 g/mol. The average Bonchev–Trinajstić information content (AvgIpc) is 3.13. The minimum atomic E-state index is -1.04. The Morgan fingerprint density at radius 1 is 1.38 bits per heavy atom. The molecule has 0 aromatic carbocycles. The zero-order valence-electron chi connectivity index (χ0n) is 13.5. The molecule has 9 heteroatoms. The lowest BCUT2D eigenvalue weighted by Crippen LogP contribution is -2.50. The lowest BCUT2D eigenvalue weighted by molar-refractivity contribution is -0.148. The van der Waals surface area contributed by atoms with Crippen molar-refractivity contribution in [3.8, 4) is 0 Å². The molecule has 2 heterocycles. The molecule has 2 rings (SSSR count). The molecule has 3 amide bonds. The van der Waals surface area contributed by atoms with Crippen molar-refractivity contribution in [2.45, 2.75) is 59.2 Å². The van der Waals surface area contributed by atoms with E-state index in [4.69, 9.17) is 9.84 Å². The quantitative estimate of drug-likeness (QED) is 0.674. The molecule has 3 atom stereocenters. The summed E-state index contributed by atoms with van der Waals surface area (Å²) in [6.07, 6.45) is -0.260. The van der Waals surface area contributed by atoms with Gasteiger partial charge in [0.1, 0.15) is 18.2 Å². The molecule has 2 aliphatic rings. The van der Waals surface area contributed by atoms with Gasteiger partial charge in [-0.15, -0.1) is 0 Å². The van der Waals surface area contributed by atoms with E-state index >= 15 is 0 Å². The van der Waals surface area contributed by atoms with Crippen molar-refractivity contribution in [3.05, 3.63) is 0 Å². The fraction of sp³-hybridized carbons (Fsp3) is 0.733. The highest BCUT2D eigenvalue weighted by Gasteiger charge is 2.37. The smallest absolute Gasteiger partial charge is 0.408 e. The Labute approximate surface area is 141 Å². The van der Waals surface area contributed by atoms with Crippen molar-refractivity contribution in [1.82, 2.24) is 15.5 Å². The number of carbonyl (C=O) groups is 4. The standard InChI is InChI=1S/C12H17N3O6.C2H6.CH4/c1-6-9(14-12(20)21-6)10(17)13-5-8(16)15-4-2-3-7(15)11(18)19;1-2;/h6-7,9H,2-5H2,1H3,(H,13,17)(H,14,20)(H,18,19);1-2H3;1H4/t6-,7-,9-;;/m0../s1. The first kappa shape index (κ1) is 21.7. The highest BCUT2D eigenvalue weighted by atomic mass is 16.6. The first-order chi connectivity index (χ1) is 10.9. The molecular formula is C15H27N3O6. The van der Waals surface area contributed by atoms with E-state index in [1.165, 1.54) is 4.90 Å². The molecule has 0 aromatic heterocycles. The highest BCUT2D eigenvalue weighted by Crippen LogP contribution is 2.17. The van der Waals surface area contributed by atoms with Gasteiger partial charge in [-0.05, 0) is 19.8 Å². The van der Waals surface area contributed by atoms with Crippen LogP contribution in [0.2, 0.25) is 0 Å². The third-order valence-corrected chi connectivity index (χ3v) is 3.59. The predicted molar refractivity (Wildman–Crippen MR) is 86.3 cm³/mol. The largest absolute Gasteiger partial charge is 0.480 e. The Bertz CT molecular complexity index is 482. The first-order valence-corrected chi connectivity index (χ1v) is 7.67. The molecule has 0 saturated carbocycles. The summed E-state index contributed by atoms with van der Waals surface area (Å²) in [5, 5.41) is 13.7. The number of nitrogens with one attached hydrogen (secondary N) is 2. The SMILES string of the molecule is C.CC.C[C@@H]1OC(=O)N[C@@H]1C(=O)NCC(=O)N1CCC[C@H]1C(=O)O. The van der Waals surface area contributed by atoms with Gasteiger partial charge in [-0.2, -0.15) is 0 Å². The summed E-state index contributed by atoms with van der Waals surface area (Å²) in [5.74, 6) is -2.03. The van der Waals surface area contributed by atoms with Crippen molar-refractivity contribution in [2.75, 3.05) is 13.1 Å². The van der Waals surface area contributed by atoms with Gasteiger partial charge in [-0.3, -0.25) is 9.59 Å². The minimum absolute atomic E-state index is 0. The van der Waals surface area contributed by atoms with Crippen molar-refractivity contribution in [1.29, 1.82) is 0 Å². The molecule has 0 unspecified atom stereocenters. The van der Waals surface area contributed by atoms with Crippen LogP contribution in [0.25, 0.3) is 0 Å². The molecular weight excluding hydrogens is 318 g/mol. The summed E-state index contributed by atoms with van der Waals surface area (Å²) in [4.78, 5) is 47.0. The maximum atomic E-state index is 12.0. The van der Waals surface area contributed by atoms with E-state index in [9.17, 15) is 19.2 Å². The number of aliphatic carboxylic acids is 1. The summed E-state index contributed by atoms with van der Waals surface area (Å²) in [7, 11) is 0. The van der Waals surface area contributed by atoms with E-state index in [0.29, 0.717) is 19.4 Å². The Morgan fingerprint density at radius 2 is 2.00 bits per heavy atom. The van der Waals surface area contributed by atoms with Crippen LogP contribution in [-0.4, -0.2) is 65.2 Å². The fourth-order valence-electron chi connectivity index (χ4n) is 2.49. The number of nitrogens with zero attached hydrogens (tertiary/aromatic N) is 1. The molecule has 9 nitrogen and oxygen atoms in total. The summed E-state index contributed by atoms with van der Waals surface area (Å²) >= 11 is 0. The van der Waals surface area contributed by atoms with Crippen LogP contribution in [0.3, 0.4) is 0 Å². The monoisotopic (exact) mass is 345 g/mol. The molecule has 3 N–H and O–H groups in total. The minimum Gasteiger partial charge on any atom is -0.480 e. The highest BCUT2D eigenvalue weighted by molar-refractivity contribution is 5.92. The Hall–Kier alpha value is -2.32. The van der Waals surface area contributed by atoms with Crippen LogP contribution in [0.4, 0.5) is 4.79 Å². The van der Waals surface area contributed by atoms with Crippen LogP contribution in [0.1, 0.15) is 41.0 Å². The normalized spacial score (nSPS) is 24.7. The number of carbonyl (C=O) groups excluding carboxylic acids is 3. The van der Waals surface area contributed by atoms with Gasteiger partial charge in [0.15, 0.2) is 0 Å². The maximum absolute atomic E-state index is 12.0. The number of hydrogen-bond acceptors (Lipinski definition) is 5. The second-order valence-electron chi connectivity index (χ2n) is 5.03. The van der Waals surface area contributed by atoms with Crippen molar-refractivity contribution < 1.29 is 29.0 Å². The van der Waals surface area contributed by atoms with E-state index in [0.717, 1.165) is 0 Å². The first-order valence-electron chi connectivity index (χ1n) is 7.67. The molecule has 0 spiro atoms. The summed E-state index contributed by atoms with van der Waals surface area (Å²) in [5.41, 5.74) is 0. The molecule has 0 aliphatic carbocycles. The molecule has 0 aromatic rings. The molecule has 0 bridgehead atoms. The van der Waals surface area contributed by atoms with E-state index < -0.39 is 42.1 Å². The number of cyclic esters (lactones) is 1. The Kier molecular flexibility index (Phi) is 8.80. The van der Waals surface area contributed by atoms with Crippen LogP contribution < -0.4 is 10.6 Å². The van der Waals surface area contributed by atoms with Crippen LogP contribution in [0.15, 0.2) is 0 Å². The van der Waals surface area contributed by atoms with Crippen LogP contribution in [0.5, 0.6) is 0 Å². The summed E-state index contributed by atoms with van der Waals surface area (Å²) < 4.78 is 4.77. The van der Waals surface area contributed by atoms with E-state index in [-0.39, 0.29) is 14.0 Å². The zero-order chi connectivity index (χ0) is 17.6. The zero-order valence-corrected chi connectivity index (χ0v) is 13.5. The predicted octanol–water partition coefficient (Wildman–Crippen LogP) is 0.337. The molecule has 2 saturated heterocycles. The van der Waals surface area contributed by atoms with Crippen molar-refractivity contribution >= 4 is 23.9 Å². The van der Waals surface area contributed by atoms with Gasteiger partial charge in [-0.25, -0.2) is 9.59 Å². The van der Waals surface area contributed by atoms with Gasteiger partial charge in [-0.1, -0.05) is 21.3 Å². The second kappa shape index (κ2) is 9.74. The van der Waals surface area contributed by atoms with Crippen LogP contribution in [-0.2, 0) is 19.1 Å². The van der Waals surface area contributed by atoms with Gasteiger partial charge < -0.3 is 25.4 Å². The fourth-order valence-corrected chi connectivity index (χ4v) is 2.49. The van der Waals surface area contributed by atoms with Gasteiger partial charge in [0.05, 0.1) is 6.54 Å². The van der Waals surface area contributed by atoms with E-state index in [1.807, 2.05) is 13.8 Å². The van der Waals surface area contributed by atoms with Gasteiger partial charge >= 0.3 is 12.1 Å². The Balaban J connectivity index is 0.00000170. The number of carboxylic acids is 1. The third-order valence-electron chi connectivity index (χ3n) is 3.59. The molecule has 2 fully saturated rings. The van der Waals surface area contributed by atoms with Crippen LogP contribution >= 0.6 is 0 Å².